The standard InChI is InChI=1S/C13H18N4O3/c1-13(2)5-8(13)6-16-12(18)10-4-9(17(19)20)7-15-11(10)14-3/h4,7-8H,5-6H2,1-3H3,(H,14,15)(H,16,18). The molecule has 1 aliphatic carbocycles. The van der Waals surface area contributed by atoms with Gasteiger partial charge < -0.3 is 10.6 Å². The maximum absolute atomic E-state index is 12.1. The number of rotatable bonds is 5. The Balaban J connectivity index is 2.11. The Morgan fingerprint density at radius 2 is 2.25 bits per heavy atom. The van der Waals surface area contributed by atoms with E-state index in [2.05, 4.69) is 29.5 Å². The molecule has 1 heterocycles. The molecular formula is C13H18N4O3. The van der Waals surface area contributed by atoms with E-state index in [-0.39, 0.29) is 22.6 Å². The van der Waals surface area contributed by atoms with Crippen LogP contribution in [-0.4, -0.2) is 29.4 Å². The smallest absolute Gasteiger partial charge is 0.288 e. The van der Waals surface area contributed by atoms with Gasteiger partial charge in [-0.15, -0.1) is 0 Å². The van der Waals surface area contributed by atoms with E-state index in [1.807, 2.05) is 0 Å². The maximum Gasteiger partial charge on any atom is 0.288 e. The van der Waals surface area contributed by atoms with Crippen LogP contribution < -0.4 is 10.6 Å². The second-order valence-corrected chi connectivity index (χ2v) is 5.70. The van der Waals surface area contributed by atoms with Gasteiger partial charge in [0.2, 0.25) is 0 Å². The van der Waals surface area contributed by atoms with Gasteiger partial charge in [-0.1, -0.05) is 13.8 Å². The van der Waals surface area contributed by atoms with Gasteiger partial charge >= 0.3 is 0 Å². The number of hydrogen-bond acceptors (Lipinski definition) is 5. The molecule has 2 rings (SSSR count). The predicted octanol–water partition coefficient (Wildman–Crippen LogP) is 1.81. The van der Waals surface area contributed by atoms with Crippen molar-refractivity contribution in [3.63, 3.8) is 0 Å². The summed E-state index contributed by atoms with van der Waals surface area (Å²) in [5.74, 6) is 0.465. The Hall–Kier alpha value is -2.18. The highest BCUT2D eigenvalue weighted by Gasteiger charge is 2.45. The van der Waals surface area contributed by atoms with Gasteiger partial charge in [0.25, 0.3) is 11.6 Å². The van der Waals surface area contributed by atoms with Crippen molar-refractivity contribution in [2.24, 2.45) is 11.3 Å². The van der Waals surface area contributed by atoms with Gasteiger partial charge in [0.15, 0.2) is 0 Å². The molecule has 7 heteroatoms. The van der Waals surface area contributed by atoms with Crippen LogP contribution in [0.2, 0.25) is 0 Å². The van der Waals surface area contributed by atoms with Crippen LogP contribution in [0.25, 0.3) is 0 Å². The molecule has 0 bridgehead atoms. The molecule has 0 spiro atoms. The second-order valence-electron chi connectivity index (χ2n) is 5.70. The molecule has 108 valence electrons. The zero-order valence-corrected chi connectivity index (χ0v) is 11.8. The van der Waals surface area contributed by atoms with Crippen molar-refractivity contribution < 1.29 is 9.72 Å². The van der Waals surface area contributed by atoms with Gasteiger partial charge in [-0.05, 0) is 17.8 Å². The second kappa shape index (κ2) is 5.07. The normalized spacial score (nSPS) is 19.2. The van der Waals surface area contributed by atoms with Crippen LogP contribution in [0.3, 0.4) is 0 Å². The van der Waals surface area contributed by atoms with Crippen molar-refractivity contribution in [3.05, 3.63) is 27.9 Å². The molecule has 0 saturated heterocycles. The van der Waals surface area contributed by atoms with Crippen LogP contribution in [0.1, 0.15) is 30.6 Å². The average Bonchev–Trinajstić information content (AvgIpc) is 3.02. The van der Waals surface area contributed by atoms with Crippen LogP contribution in [-0.2, 0) is 0 Å². The zero-order valence-electron chi connectivity index (χ0n) is 11.8. The number of nitrogens with zero attached hydrogens (tertiary/aromatic N) is 2. The average molecular weight is 278 g/mol. The molecule has 0 aliphatic heterocycles. The minimum Gasteiger partial charge on any atom is -0.372 e. The van der Waals surface area contributed by atoms with Crippen molar-refractivity contribution >= 4 is 17.4 Å². The number of nitrogens with one attached hydrogen (secondary N) is 2. The number of hydrogen-bond donors (Lipinski definition) is 2. The van der Waals surface area contributed by atoms with Crippen molar-refractivity contribution in [3.8, 4) is 0 Å². The van der Waals surface area contributed by atoms with E-state index in [0.717, 1.165) is 12.6 Å². The summed E-state index contributed by atoms with van der Waals surface area (Å²) in [5.41, 5.74) is 0.279. The minimum atomic E-state index is -0.562. The summed E-state index contributed by atoms with van der Waals surface area (Å²) in [7, 11) is 1.62. The molecule has 1 saturated carbocycles. The quantitative estimate of drug-likeness (QED) is 0.632. The molecular weight excluding hydrogens is 260 g/mol. The van der Waals surface area contributed by atoms with Crippen molar-refractivity contribution in [1.82, 2.24) is 10.3 Å². The number of amides is 1. The summed E-state index contributed by atoms with van der Waals surface area (Å²) in [6, 6.07) is 1.24. The van der Waals surface area contributed by atoms with E-state index >= 15 is 0 Å². The number of aromatic nitrogens is 1. The lowest BCUT2D eigenvalue weighted by atomic mass is 10.1. The summed E-state index contributed by atoms with van der Waals surface area (Å²) in [6.45, 7) is 4.88. The van der Waals surface area contributed by atoms with Crippen LogP contribution in [0.5, 0.6) is 0 Å². The first-order valence-electron chi connectivity index (χ1n) is 6.45. The van der Waals surface area contributed by atoms with E-state index in [0.29, 0.717) is 18.3 Å². The van der Waals surface area contributed by atoms with Crippen molar-refractivity contribution in [2.75, 3.05) is 18.9 Å². The molecule has 1 aromatic rings. The molecule has 1 aromatic heterocycles. The number of carbonyl (C=O) groups excluding carboxylic acids is 1. The highest BCUT2D eigenvalue weighted by atomic mass is 16.6. The lowest BCUT2D eigenvalue weighted by Gasteiger charge is -2.09. The van der Waals surface area contributed by atoms with Crippen molar-refractivity contribution in [2.45, 2.75) is 20.3 Å². The fourth-order valence-corrected chi connectivity index (χ4v) is 2.16. The minimum absolute atomic E-state index is 0.194. The van der Waals surface area contributed by atoms with Gasteiger partial charge in [0, 0.05) is 19.7 Å². The van der Waals surface area contributed by atoms with Crippen molar-refractivity contribution in [1.29, 1.82) is 0 Å². The summed E-state index contributed by atoms with van der Waals surface area (Å²) < 4.78 is 0. The zero-order chi connectivity index (χ0) is 14.9. The SMILES string of the molecule is CNc1ncc([N+](=O)[O-])cc1C(=O)NCC1CC1(C)C. The molecule has 7 nitrogen and oxygen atoms in total. The first-order valence-corrected chi connectivity index (χ1v) is 6.45. The van der Waals surface area contributed by atoms with Gasteiger partial charge in [0.05, 0.1) is 10.5 Å². The van der Waals surface area contributed by atoms with Crippen LogP contribution >= 0.6 is 0 Å². The monoisotopic (exact) mass is 278 g/mol. The lowest BCUT2D eigenvalue weighted by Crippen LogP contribution is -2.27. The highest BCUT2D eigenvalue weighted by Crippen LogP contribution is 2.51. The Bertz CT molecular complexity index is 557. The molecule has 20 heavy (non-hydrogen) atoms. The summed E-state index contributed by atoms with van der Waals surface area (Å²) in [6.07, 6.45) is 2.21. The van der Waals surface area contributed by atoms with Crippen LogP contribution in [0.15, 0.2) is 12.3 Å². The number of nitro groups is 1. The summed E-state index contributed by atoms with van der Waals surface area (Å²) in [4.78, 5) is 26.2. The van der Waals surface area contributed by atoms with Gasteiger partial charge in [-0.3, -0.25) is 14.9 Å². The molecule has 2 N–H and O–H groups in total. The molecule has 1 aliphatic rings. The first-order chi connectivity index (χ1) is 9.35. The van der Waals surface area contributed by atoms with E-state index in [9.17, 15) is 14.9 Å². The first kappa shape index (κ1) is 14.2. The van der Waals surface area contributed by atoms with Gasteiger partial charge in [0.1, 0.15) is 12.0 Å². The molecule has 1 fully saturated rings. The molecule has 0 aromatic carbocycles. The summed E-state index contributed by atoms with van der Waals surface area (Å²) in [5, 5.41) is 16.3. The highest BCUT2D eigenvalue weighted by molar-refractivity contribution is 5.99. The number of anilines is 1. The fraction of sp³-hybridized carbons (Fsp3) is 0.538. The molecule has 1 unspecified atom stereocenters. The Labute approximate surface area is 116 Å². The predicted molar refractivity (Wildman–Crippen MR) is 74.7 cm³/mol. The Kier molecular flexibility index (Phi) is 3.61. The topological polar surface area (TPSA) is 97.2 Å². The number of pyridine rings is 1. The molecule has 1 amide bonds. The Morgan fingerprint density at radius 1 is 1.60 bits per heavy atom. The van der Waals surface area contributed by atoms with Crippen LogP contribution in [0.4, 0.5) is 11.5 Å². The van der Waals surface area contributed by atoms with Gasteiger partial charge in [-0.25, -0.2) is 4.98 Å². The van der Waals surface area contributed by atoms with E-state index in [1.54, 1.807) is 7.05 Å². The fourth-order valence-electron chi connectivity index (χ4n) is 2.16. The molecule has 1 atom stereocenters. The van der Waals surface area contributed by atoms with E-state index < -0.39 is 4.92 Å². The van der Waals surface area contributed by atoms with E-state index in [4.69, 9.17) is 0 Å². The van der Waals surface area contributed by atoms with E-state index in [1.165, 1.54) is 6.07 Å². The number of carbonyl (C=O) groups is 1. The third kappa shape index (κ3) is 2.87. The largest absolute Gasteiger partial charge is 0.372 e. The van der Waals surface area contributed by atoms with Gasteiger partial charge in [-0.2, -0.15) is 0 Å². The third-order valence-electron chi connectivity index (χ3n) is 3.79. The Morgan fingerprint density at radius 3 is 2.75 bits per heavy atom. The maximum atomic E-state index is 12.1. The third-order valence-corrected chi connectivity index (χ3v) is 3.79. The summed E-state index contributed by atoms with van der Waals surface area (Å²) >= 11 is 0. The van der Waals surface area contributed by atoms with Crippen LogP contribution in [0, 0.1) is 21.4 Å². The lowest BCUT2D eigenvalue weighted by molar-refractivity contribution is -0.385. The molecule has 0 radical (unpaired) electrons.